The summed E-state index contributed by atoms with van der Waals surface area (Å²) in [6.45, 7) is 0. The third-order valence-corrected chi connectivity index (χ3v) is 5.06. The van der Waals surface area contributed by atoms with E-state index >= 15 is 0 Å². The van der Waals surface area contributed by atoms with E-state index in [1.54, 1.807) is 0 Å². The second-order valence-corrected chi connectivity index (χ2v) is 6.81. The molecular weight excluding hydrogens is 374 g/mol. The van der Waals surface area contributed by atoms with E-state index in [-0.39, 0.29) is 12.8 Å². The Balaban J connectivity index is 2.18. The number of rotatable bonds is 7. The van der Waals surface area contributed by atoms with Crippen LogP contribution < -0.4 is 0 Å². The molecule has 0 unspecified atom stereocenters. The highest BCUT2D eigenvalue weighted by Crippen LogP contribution is 2.44. The van der Waals surface area contributed by atoms with Gasteiger partial charge in [0, 0.05) is 6.42 Å². The Labute approximate surface area is 169 Å². The van der Waals surface area contributed by atoms with Crippen molar-refractivity contribution in [2.75, 3.05) is 14.2 Å². The molecule has 7 nitrogen and oxygen atoms in total. The summed E-state index contributed by atoms with van der Waals surface area (Å²) in [6.07, 6.45) is -0.596. The van der Waals surface area contributed by atoms with Crippen LogP contribution in [0.4, 0.5) is 0 Å². The van der Waals surface area contributed by atoms with E-state index in [1.807, 2.05) is 60.7 Å². The van der Waals surface area contributed by atoms with Gasteiger partial charge < -0.3 is 14.3 Å². The summed E-state index contributed by atoms with van der Waals surface area (Å²) in [5.74, 6) is -1.26. The molecule has 0 spiro atoms. The van der Waals surface area contributed by atoms with E-state index in [9.17, 15) is 14.4 Å². The van der Waals surface area contributed by atoms with Gasteiger partial charge in [0.1, 0.15) is 6.10 Å². The quantitative estimate of drug-likeness (QED) is 0.524. The smallest absolute Gasteiger partial charge is 0.329 e. The average molecular weight is 397 g/mol. The molecule has 7 heteroatoms. The van der Waals surface area contributed by atoms with Crippen LogP contribution in [0.25, 0.3) is 0 Å². The summed E-state index contributed by atoms with van der Waals surface area (Å²) in [7, 11) is 2.49. The summed E-state index contributed by atoms with van der Waals surface area (Å²) >= 11 is 0. The van der Waals surface area contributed by atoms with Crippen LogP contribution in [-0.4, -0.2) is 49.2 Å². The van der Waals surface area contributed by atoms with E-state index in [0.717, 1.165) is 11.1 Å². The topological polar surface area (TPSA) is 82.1 Å². The van der Waals surface area contributed by atoms with E-state index in [1.165, 1.54) is 19.3 Å². The molecule has 1 aliphatic heterocycles. The van der Waals surface area contributed by atoms with Gasteiger partial charge in [0.2, 0.25) is 0 Å². The van der Waals surface area contributed by atoms with Crippen LogP contribution in [-0.2, 0) is 28.7 Å². The highest BCUT2D eigenvalue weighted by Gasteiger charge is 2.58. The van der Waals surface area contributed by atoms with E-state index in [2.05, 4.69) is 0 Å². The van der Waals surface area contributed by atoms with Crippen molar-refractivity contribution < 1.29 is 28.7 Å². The number of carbonyl (C=O) groups is 3. The number of benzene rings is 2. The number of hydrogen-bond acceptors (Lipinski definition) is 7. The Morgan fingerprint density at radius 1 is 1.07 bits per heavy atom. The van der Waals surface area contributed by atoms with Gasteiger partial charge in [-0.2, -0.15) is 5.06 Å². The molecule has 0 aromatic heterocycles. The first-order chi connectivity index (χ1) is 14.1. The highest BCUT2D eigenvalue weighted by atomic mass is 16.7. The van der Waals surface area contributed by atoms with E-state index in [0.29, 0.717) is 6.29 Å². The maximum atomic E-state index is 13.0. The van der Waals surface area contributed by atoms with Crippen molar-refractivity contribution in [3.8, 4) is 0 Å². The fourth-order valence-corrected chi connectivity index (χ4v) is 3.72. The van der Waals surface area contributed by atoms with E-state index < -0.39 is 29.6 Å². The number of methoxy groups -OCH3 is 2. The molecule has 2 aromatic rings. The molecule has 0 amide bonds. The molecule has 0 aliphatic carbocycles. The van der Waals surface area contributed by atoms with Crippen LogP contribution in [0.5, 0.6) is 0 Å². The first kappa shape index (κ1) is 20.7. The molecule has 1 fully saturated rings. The minimum atomic E-state index is -1.51. The number of carbonyl (C=O) groups excluding carboxylic acids is 3. The molecule has 29 heavy (non-hydrogen) atoms. The number of hydroxylamine groups is 2. The van der Waals surface area contributed by atoms with Crippen LogP contribution in [0.3, 0.4) is 0 Å². The molecule has 0 bridgehead atoms. The van der Waals surface area contributed by atoms with Gasteiger partial charge in [-0.05, 0) is 11.1 Å². The number of nitrogens with zero attached hydrogens (tertiary/aromatic N) is 1. The molecule has 1 aliphatic rings. The van der Waals surface area contributed by atoms with Gasteiger partial charge >= 0.3 is 11.9 Å². The first-order valence-electron chi connectivity index (χ1n) is 9.22. The van der Waals surface area contributed by atoms with Crippen molar-refractivity contribution >= 4 is 18.2 Å². The second kappa shape index (κ2) is 8.98. The van der Waals surface area contributed by atoms with Crippen molar-refractivity contribution in [2.45, 2.75) is 30.5 Å². The molecule has 2 atom stereocenters. The normalized spacial score (nSPS) is 21.7. The van der Waals surface area contributed by atoms with Gasteiger partial charge in [-0.25, -0.2) is 4.79 Å². The fourth-order valence-electron chi connectivity index (χ4n) is 3.72. The van der Waals surface area contributed by atoms with E-state index in [4.69, 9.17) is 14.3 Å². The monoisotopic (exact) mass is 397 g/mol. The lowest BCUT2D eigenvalue weighted by Gasteiger charge is -2.38. The standard InChI is InChI=1S/C22H23NO6/c1-27-19(25)14-22(21(26)28-2)13-18(15-24)29-23(22)20(16-9-5-3-6-10-16)17-11-7-4-8-12-17/h3-12,15,18,20H,13-14H2,1-2H3/t18-,22+/m1/s1. The van der Waals surface area contributed by atoms with Crippen LogP contribution >= 0.6 is 0 Å². The minimum Gasteiger partial charge on any atom is -0.469 e. The van der Waals surface area contributed by atoms with Crippen molar-refractivity contribution in [3.05, 3.63) is 71.8 Å². The van der Waals surface area contributed by atoms with Gasteiger partial charge in [-0.1, -0.05) is 60.7 Å². The zero-order chi connectivity index (χ0) is 20.9. The predicted molar refractivity (Wildman–Crippen MR) is 104 cm³/mol. The van der Waals surface area contributed by atoms with Crippen molar-refractivity contribution in [1.82, 2.24) is 5.06 Å². The summed E-state index contributed by atoms with van der Waals surface area (Å²) in [5.41, 5.74) is 0.163. The molecule has 0 radical (unpaired) electrons. The minimum absolute atomic E-state index is 0.0194. The number of ether oxygens (including phenoxy) is 2. The molecule has 0 saturated carbocycles. The fraction of sp³-hybridized carbons (Fsp3) is 0.318. The molecule has 1 saturated heterocycles. The number of esters is 2. The van der Waals surface area contributed by atoms with Crippen LogP contribution in [0, 0.1) is 0 Å². The van der Waals surface area contributed by atoms with Gasteiger partial charge in [-0.15, -0.1) is 0 Å². The summed E-state index contributed by atoms with van der Waals surface area (Å²) in [5, 5.41) is 1.43. The lowest BCUT2D eigenvalue weighted by Crippen LogP contribution is -2.53. The lowest BCUT2D eigenvalue weighted by atomic mass is 9.86. The zero-order valence-electron chi connectivity index (χ0n) is 16.3. The highest BCUT2D eigenvalue weighted by molar-refractivity contribution is 5.88. The Kier molecular flexibility index (Phi) is 6.41. The third-order valence-electron chi connectivity index (χ3n) is 5.06. The Morgan fingerprint density at radius 2 is 1.62 bits per heavy atom. The summed E-state index contributed by atoms with van der Waals surface area (Å²) in [6, 6.07) is 18.3. The molecular formula is C22H23NO6. The Bertz CT molecular complexity index is 817. The largest absolute Gasteiger partial charge is 0.469 e. The Morgan fingerprint density at radius 3 is 2.07 bits per heavy atom. The van der Waals surface area contributed by atoms with Gasteiger partial charge in [0.05, 0.1) is 26.7 Å². The summed E-state index contributed by atoms with van der Waals surface area (Å²) in [4.78, 5) is 42.7. The first-order valence-corrected chi connectivity index (χ1v) is 9.22. The van der Waals surface area contributed by atoms with Gasteiger partial charge in [0.15, 0.2) is 11.8 Å². The van der Waals surface area contributed by atoms with Crippen LogP contribution in [0.1, 0.15) is 30.0 Å². The second-order valence-electron chi connectivity index (χ2n) is 6.81. The molecule has 0 N–H and O–H groups in total. The average Bonchev–Trinajstić information content (AvgIpc) is 3.14. The zero-order valence-corrected chi connectivity index (χ0v) is 16.3. The van der Waals surface area contributed by atoms with Crippen LogP contribution in [0.15, 0.2) is 60.7 Å². The number of hydrogen-bond donors (Lipinski definition) is 0. The van der Waals surface area contributed by atoms with Crippen molar-refractivity contribution in [1.29, 1.82) is 0 Å². The summed E-state index contributed by atoms with van der Waals surface area (Å²) < 4.78 is 9.87. The molecule has 2 aromatic carbocycles. The van der Waals surface area contributed by atoms with Gasteiger partial charge in [-0.3, -0.25) is 9.63 Å². The van der Waals surface area contributed by atoms with Crippen molar-refractivity contribution in [3.63, 3.8) is 0 Å². The molecule has 152 valence electrons. The maximum absolute atomic E-state index is 13.0. The Hall–Kier alpha value is -3.03. The third kappa shape index (κ3) is 4.06. The SMILES string of the molecule is COC(=O)C[C@]1(C(=O)OC)C[C@H](C=O)ON1C(c1ccccc1)c1ccccc1. The molecule has 1 heterocycles. The lowest BCUT2D eigenvalue weighted by molar-refractivity contribution is -0.217. The number of aldehydes is 1. The molecule has 3 rings (SSSR count). The van der Waals surface area contributed by atoms with Crippen molar-refractivity contribution in [2.24, 2.45) is 0 Å². The maximum Gasteiger partial charge on any atom is 0.329 e. The van der Waals surface area contributed by atoms with Gasteiger partial charge in [0.25, 0.3) is 0 Å². The predicted octanol–water partition coefficient (Wildman–Crippen LogP) is 2.46. The van der Waals surface area contributed by atoms with Crippen LogP contribution in [0.2, 0.25) is 0 Å².